The number of hydrogen-bond donors (Lipinski definition) is 0. The molecule has 0 bridgehead atoms. The van der Waals surface area contributed by atoms with Gasteiger partial charge >= 0.3 is 35.8 Å². The zero-order valence-electron chi connectivity index (χ0n) is 52.3. The fourth-order valence-electron chi connectivity index (χ4n) is 9.14. The third-order valence-corrected chi connectivity index (χ3v) is 14.1. The van der Waals surface area contributed by atoms with Gasteiger partial charge in [0.1, 0.15) is 0 Å². The Labute approximate surface area is 496 Å². The zero-order chi connectivity index (χ0) is 56.7. The van der Waals surface area contributed by atoms with Crippen LogP contribution in [-0.2, 0) is 28.7 Å². The van der Waals surface area contributed by atoms with Crippen LogP contribution in [-0.4, -0.2) is 61.0 Å². The van der Waals surface area contributed by atoms with Gasteiger partial charge in [-0.2, -0.15) is 0 Å². The van der Waals surface area contributed by atoms with Crippen LogP contribution >= 0.6 is 0 Å². The number of ether oxygens (including phenoxy) is 2. The van der Waals surface area contributed by atoms with Gasteiger partial charge in [0.05, 0.1) is 25.2 Å². The van der Waals surface area contributed by atoms with Crippen LogP contribution in [0.4, 0.5) is 0 Å². The molecule has 0 aliphatic rings. The molecule has 8 nitrogen and oxygen atoms in total. The van der Waals surface area contributed by atoms with Gasteiger partial charge in [-0.3, -0.25) is 0 Å². The molecule has 0 aromatic heterocycles. The van der Waals surface area contributed by atoms with E-state index < -0.39 is 23.9 Å². The molecule has 0 aliphatic heterocycles. The SMILES string of the molecule is CCCCCCCC.CCCCCCCC.CCCCCCCCCCCCCCCCCCCCCCOC(=O)/C=C\C(=O)[O-].CCCCCCCCCCCCCCCCCCCCCCOC(=O)/C=C\C(=O)[O-].[Sn+2]. The predicted molar refractivity (Wildman–Crippen MR) is 330 cm³/mol. The molecular weight excluding hydrogens is 1060 g/mol. The molecule has 77 heavy (non-hydrogen) atoms. The van der Waals surface area contributed by atoms with Gasteiger partial charge in [-0.15, -0.1) is 0 Å². The van der Waals surface area contributed by atoms with Crippen molar-refractivity contribution in [3.8, 4) is 0 Å². The van der Waals surface area contributed by atoms with Crippen LogP contribution in [0.25, 0.3) is 0 Å². The van der Waals surface area contributed by atoms with Gasteiger partial charge in [-0.25, -0.2) is 9.59 Å². The van der Waals surface area contributed by atoms with E-state index in [9.17, 15) is 29.4 Å². The third-order valence-electron chi connectivity index (χ3n) is 14.1. The van der Waals surface area contributed by atoms with E-state index in [-0.39, 0.29) is 23.9 Å². The standard InChI is InChI=1S/2C26H48O4.2C8H18.Sn/c2*1-2-3-4-5-6-7-8-9-10-11-12-13-14-15-16-17-18-19-20-21-24-30-26(29)23-22-25(27)28;2*1-3-5-7-8-6-4-2;/h2*22-23H,2-21,24H2,1H3,(H,27,28);2*3-8H2,1-2H3;/q;;;;+2/p-2/b2*23-22-;;;. The van der Waals surface area contributed by atoms with Gasteiger partial charge in [0.2, 0.25) is 0 Å². The smallest absolute Gasteiger partial charge is 0.545 e. The summed E-state index contributed by atoms with van der Waals surface area (Å²) in [6.45, 7) is 14.3. The molecule has 0 aromatic carbocycles. The summed E-state index contributed by atoms with van der Waals surface area (Å²) in [5.41, 5.74) is 0. The van der Waals surface area contributed by atoms with Crippen LogP contribution in [0, 0.1) is 0 Å². The van der Waals surface area contributed by atoms with E-state index in [4.69, 9.17) is 9.47 Å². The first-order valence-electron chi connectivity index (χ1n) is 33.3. The van der Waals surface area contributed by atoms with Gasteiger partial charge in [-0.1, -0.05) is 363 Å². The number of hydrogen-bond acceptors (Lipinski definition) is 8. The summed E-state index contributed by atoms with van der Waals surface area (Å²) < 4.78 is 9.83. The van der Waals surface area contributed by atoms with E-state index in [1.165, 1.54) is 308 Å². The molecule has 0 rings (SSSR count). The number of carboxylic acid groups (broad SMARTS) is 2. The van der Waals surface area contributed by atoms with Gasteiger partial charge in [-0.05, 0) is 25.0 Å². The van der Waals surface area contributed by atoms with E-state index in [1.54, 1.807) is 0 Å². The van der Waals surface area contributed by atoms with E-state index in [0.29, 0.717) is 25.4 Å². The molecule has 0 saturated heterocycles. The Kier molecular flexibility index (Phi) is 87.9. The fourth-order valence-corrected chi connectivity index (χ4v) is 9.14. The summed E-state index contributed by atoms with van der Waals surface area (Å²) >= 11 is 0. The van der Waals surface area contributed by atoms with Gasteiger partial charge in [0, 0.05) is 12.2 Å². The first-order valence-corrected chi connectivity index (χ1v) is 33.3. The van der Waals surface area contributed by atoms with Crippen LogP contribution in [0.2, 0.25) is 0 Å². The quantitative estimate of drug-likeness (QED) is 0.0254. The Morgan fingerprint density at radius 2 is 0.364 bits per heavy atom. The minimum Gasteiger partial charge on any atom is -0.545 e. The van der Waals surface area contributed by atoms with Crippen molar-refractivity contribution in [1.29, 1.82) is 0 Å². The Morgan fingerprint density at radius 3 is 0.494 bits per heavy atom. The van der Waals surface area contributed by atoms with Gasteiger partial charge in [0.25, 0.3) is 0 Å². The van der Waals surface area contributed by atoms with E-state index in [0.717, 1.165) is 37.8 Å². The number of unbranched alkanes of at least 4 members (excludes halogenated alkanes) is 48. The zero-order valence-corrected chi connectivity index (χ0v) is 55.1. The molecule has 0 N–H and O–H groups in total. The summed E-state index contributed by atoms with van der Waals surface area (Å²) in [4.78, 5) is 42.6. The molecule has 0 unspecified atom stereocenters. The maximum Gasteiger partial charge on any atom is 2.00 e. The van der Waals surface area contributed by atoms with Crippen molar-refractivity contribution in [2.45, 2.75) is 375 Å². The Balaban J connectivity index is -0.000000345. The third kappa shape index (κ3) is 93.8. The van der Waals surface area contributed by atoms with Crippen molar-refractivity contribution in [3.05, 3.63) is 24.3 Å². The summed E-state index contributed by atoms with van der Waals surface area (Å²) in [7, 11) is 0. The van der Waals surface area contributed by atoms with E-state index >= 15 is 0 Å². The number of esters is 2. The Bertz CT molecular complexity index is 1090. The summed E-state index contributed by atoms with van der Waals surface area (Å²) in [6, 6.07) is 0. The molecule has 0 spiro atoms. The predicted octanol–water partition coefficient (Wildman–Crippen LogP) is 19.7. The molecular formula is C68H130O8Sn. The monoisotopic (exact) mass is 1190 g/mol. The maximum atomic E-state index is 11.1. The van der Waals surface area contributed by atoms with Crippen molar-refractivity contribution in [3.63, 3.8) is 0 Å². The Hall–Kier alpha value is -1.84. The molecule has 0 fully saturated rings. The number of carbonyl (C=O) groups excluding carboxylic acids is 4. The number of rotatable bonds is 56. The van der Waals surface area contributed by atoms with Crippen molar-refractivity contribution < 1.29 is 38.9 Å². The number of carboxylic acids is 2. The average Bonchev–Trinajstić information content (AvgIpc) is 3.41. The first kappa shape index (κ1) is 84.0. The van der Waals surface area contributed by atoms with Crippen molar-refractivity contribution >= 4 is 47.8 Å². The van der Waals surface area contributed by atoms with E-state index in [2.05, 4.69) is 41.5 Å². The van der Waals surface area contributed by atoms with Crippen LogP contribution in [0.3, 0.4) is 0 Å². The first-order chi connectivity index (χ1) is 37.2. The van der Waals surface area contributed by atoms with Gasteiger partial charge < -0.3 is 29.3 Å². The number of aliphatic carboxylic acids is 2. The molecule has 0 aromatic rings. The minimum atomic E-state index is -1.38. The van der Waals surface area contributed by atoms with Crippen LogP contribution in [0.5, 0.6) is 0 Å². The molecule has 2 radical (unpaired) electrons. The summed E-state index contributed by atoms with van der Waals surface area (Å²) in [6.07, 6.45) is 73.6. The molecule has 0 atom stereocenters. The Morgan fingerprint density at radius 1 is 0.234 bits per heavy atom. The van der Waals surface area contributed by atoms with Crippen LogP contribution in [0.15, 0.2) is 24.3 Å². The fraction of sp³-hybridized carbons (Fsp3) is 0.882. The maximum absolute atomic E-state index is 11.1. The van der Waals surface area contributed by atoms with Crippen LogP contribution in [0.1, 0.15) is 375 Å². The van der Waals surface area contributed by atoms with Crippen molar-refractivity contribution in [2.24, 2.45) is 0 Å². The molecule has 0 heterocycles. The molecule has 0 saturated carbocycles. The second kappa shape index (κ2) is 80.6. The molecule has 9 heteroatoms. The summed E-state index contributed by atoms with van der Waals surface area (Å²) in [5, 5.41) is 20.3. The molecule has 0 aliphatic carbocycles. The normalized spacial score (nSPS) is 10.8. The summed E-state index contributed by atoms with van der Waals surface area (Å²) in [5.74, 6) is -3.99. The largest absolute Gasteiger partial charge is 2.00 e. The van der Waals surface area contributed by atoms with Crippen molar-refractivity contribution in [1.82, 2.24) is 0 Å². The molecule has 0 amide bonds. The van der Waals surface area contributed by atoms with E-state index in [1.807, 2.05) is 0 Å². The van der Waals surface area contributed by atoms with Gasteiger partial charge in [0.15, 0.2) is 0 Å². The minimum absolute atomic E-state index is 0. The average molecular weight is 1190 g/mol. The van der Waals surface area contributed by atoms with Crippen molar-refractivity contribution in [2.75, 3.05) is 13.2 Å². The van der Waals surface area contributed by atoms with Crippen LogP contribution < -0.4 is 10.2 Å². The topological polar surface area (TPSA) is 133 Å². The number of carbonyl (C=O) groups is 4. The second-order valence-corrected chi connectivity index (χ2v) is 21.9. The second-order valence-electron chi connectivity index (χ2n) is 21.9. The molecule has 454 valence electrons.